The average Bonchev–Trinajstić information content (AvgIpc) is 2.41. The van der Waals surface area contributed by atoms with Crippen molar-refractivity contribution in [2.24, 2.45) is 5.41 Å². The molecular weight excluding hydrogens is 174 g/mol. The second-order valence-corrected chi connectivity index (χ2v) is 4.40. The highest BCUT2D eigenvalue weighted by atomic mass is 19.3. The average molecular weight is 190 g/mol. The van der Waals surface area contributed by atoms with Crippen LogP contribution in [0.5, 0.6) is 0 Å². The summed E-state index contributed by atoms with van der Waals surface area (Å²) < 4.78 is 27.3. The quantitative estimate of drug-likeness (QED) is 0.611. The molecule has 1 atom stereocenters. The van der Waals surface area contributed by atoms with Gasteiger partial charge in [0.2, 0.25) is 0 Å². The van der Waals surface area contributed by atoms with E-state index < -0.39 is 11.3 Å². The third kappa shape index (κ3) is 1.36. The molecule has 1 N–H and O–H groups in total. The van der Waals surface area contributed by atoms with Crippen LogP contribution < -0.4 is 5.32 Å². The van der Waals surface area contributed by atoms with Crippen LogP contribution in [0.25, 0.3) is 0 Å². The van der Waals surface area contributed by atoms with Crippen molar-refractivity contribution in [1.82, 2.24) is 10.2 Å². The first-order valence-corrected chi connectivity index (χ1v) is 4.83. The molecule has 4 heteroatoms. The summed E-state index contributed by atoms with van der Waals surface area (Å²) in [4.78, 5) is 2.00. The molecule has 76 valence electrons. The maximum absolute atomic E-state index is 13.7. The zero-order valence-corrected chi connectivity index (χ0v) is 7.95. The minimum Gasteiger partial charge on any atom is -0.316 e. The molecule has 0 aromatic carbocycles. The Morgan fingerprint density at radius 1 is 1.31 bits per heavy atom. The molecule has 0 amide bonds. The van der Waals surface area contributed by atoms with Crippen molar-refractivity contribution in [1.29, 1.82) is 0 Å². The van der Waals surface area contributed by atoms with Gasteiger partial charge < -0.3 is 10.2 Å². The predicted octanol–water partition coefficient (Wildman–Crippen LogP) is 0.937. The highest BCUT2D eigenvalue weighted by Crippen LogP contribution is 2.47. The third-order valence-corrected chi connectivity index (χ3v) is 3.40. The summed E-state index contributed by atoms with van der Waals surface area (Å²) in [5.41, 5.74) is -0.778. The van der Waals surface area contributed by atoms with Gasteiger partial charge in [-0.3, -0.25) is 0 Å². The van der Waals surface area contributed by atoms with E-state index in [4.69, 9.17) is 0 Å². The number of hydrogen-bond acceptors (Lipinski definition) is 2. The van der Waals surface area contributed by atoms with E-state index >= 15 is 0 Å². The van der Waals surface area contributed by atoms with Gasteiger partial charge in [-0.05, 0) is 20.0 Å². The number of halogens is 2. The van der Waals surface area contributed by atoms with E-state index in [1.807, 2.05) is 11.9 Å². The van der Waals surface area contributed by atoms with Crippen molar-refractivity contribution in [3.8, 4) is 0 Å². The van der Waals surface area contributed by atoms with E-state index in [9.17, 15) is 8.78 Å². The molecule has 2 nitrogen and oxygen atoms in total. The number of likely N-dealkylation sites (tertiary alicyclic amines) is 1. The normalized spacial score (nSPS) is 39.9. The van der Waals surface area contributed by atoms with Gasteiger partial charge in [0.05, 0.1) is 5.41 Å². The summed E-state index contributed by atoms with van der Waals surface area (Å²) in [5.74, 6) is -2.47. The molecule has 2 fully saturated rings. The Balaban J connectivity index is 2.19. The molecule has 0 aromatic heterocycles. The van der Waals surface area contributed by atoms with E-state index in [0.29, 0.717) is 26.1 Å². The second kappa shape index (κ2) is 2.89. The standard InChI is InChI=1S/C9H16F2N2/c1-13-5-3-8(7-13)6-12-4-2-9(8,10)11/h12H,2-7H2,1H3. The number of nitrogens with one attached hydrogen (secondary N) is 1. The minimum atomic E-state index is -2.47. The molecule has 13 heavy (non-hydrogen) atoms. The van der Waals surface area contributed by atoms with Gasteiger partial charge in [-0.2, -0.15) is 0 Å². The molecule has 0 aliphatic carbocycles. The van der Waals surface area contributed by atoms with Gasteiger partial charge in [0.15, 0.2) is 0 Å². The zero-order valence-electron chi connectivity index (χ0n) is 7.95. The van der Waals surface area contributed by atoms with Crippen molar-refractivity contribution in [3.63, 3.8) is 0 Å². The lowest BCUT2D eigenvalue weighted by molar-refractivity contribution is -0.134. The Morgan fingerprint density at radius 3 is 2.62 bits per heavy atom. The van der Waals surface area contributed by atoms with Crippen LogP contribution in [0.1, 0.15) is 12.8 Å². The highest BCUT2D eigenvalue weighted by molar-refractivity contribution is 5.02. The van der Waals surface area contributed by atoms with Gasteiger partial charge in [-0.25, -0.2) is 8.78 Å². The van der Waals surface area contributed by atoms with Crippen molar-refractivity contribution in [3.05, 3.63) is 0 Å². The van der Waals surface area contributed by atoms with E-state index in [2.05, 4.69) is 5.32 Å². The Hall–Kier alpha value is -0.220. The van der Waals surface area contributed by atoms with Gasteiger partial charge >= 0.3 is 0 Å². The fourth-order valence-electron chi connectivity index (χ4n) is 2.49. The van der Waals surface area contributed by atoms with Crippen molar-refractivity contribution in [2.75, 3.05) is 33.2 Å². The maximum Gasteiger partial charge on any atom is 0.257 e. The molecule has 1 spiro atoms. The number of piperidine rings is 1. The second-order valence-electron chi connectivity index (χ2n) is 4.40. The topological polar surface area (TPSA) is 15.3 Å². The molecule has 0 radical (unpaired) electrons. The van der Waals surface area contributed by atoms with Crippen LogP contribution in [0, 0.1) is 5.41 Å². The Labute approximate surface area is 77.3 Å². The summed E-state index contributed by atoms with van der Waals surface area (Å²) in [7, 11) is 1.92. The van der Waals surface area contributed by atoms with Crippen LogP contribution in [0.15, 0.2) is 0 Å². The van der Waals surface area contributed by atoms with Gasteiger partial charge in [0.25, 0.3) is 5.92 Å². The Morgan fingerprint density at radius 2 is 2.08 bits per heavy atom. The predicted molar refractivity (Wildman–Crippen MR) is 47.0 cm³/mol. The molecule has 2 aliphatic rings. The molecule has 0 aromatic rings. The highest BCUT2D eigenvalue weighted by Gasteiger charge is 2.56. The van der Waals surface area contributed by atoms with Crippen LogP contribution in [-0.4, -0.2) is 44.0 Å². The molecule has 2 saturated heterocycles. The minimum absolute atomic E-state index is 0.000833. The molecule has 2 rings (SSSR count). The van der Waals surface area contributed by atoms with Crippen molar-refractivity contribution in [2.45, 2.75) is 18.8 Å². The number of nitrogens with zero attached hydrogens (tertiary/aromatic N) is 1. The van der Waals surface area contributed by atoms with E-state index in [1.165, 1.54) is 0 Å². The first-order valence-electron chi connectivity index (χ1n) is 4.83. The Bertz CT molecular complexity index is 204. The van der Waals surface area contributed by atoms with Gasteiger partial charge in [0, 0.05) is 26.1 Å². The van der Waals surface area contributed by atoms with Crippen LogP contribution >= 0.6 is 0 Å². The monoisotopic (exact) mass is 190 g/mol. The van der Waals surface area contributed by atoms with Gasteiger partial charge in [-0.1, -0.05) is 0 Å². The lowest BCUT2D eigenvalue weighted by Gasteiger charge is -2.41. The first kappa shape index (κ1) is 9.34. The van der Waals surface area contributed by atoms with Crippen LogP contribution in [0.3, 0.4) is 0 Å². The lowest BCUT2D eigenvalue weighted by atomic mass is 9.76. The summed E-state index contributed by atoms with van der Waals surface area (Å²) in [6.45, 7) is 2.27. The SMILES string of the molecule is CN1CCC2(CNCCC2(F)F)C1. The fourth-order valence-corrected chi connectivity index (χ4v) is 2.49. The van der Waals surface area contributed by atoms with Crippen LogP contribution in [0.2, 0.25) is 0 Å². The first-order chi connectivity index (χ1) is 6.06. The van der Waals surface area contributed by atoms with Crippen molar-refractivity contribution < 1.29 is 8.78 Å². The maximum atomic E-state index is 13.7. The smallest absolute Gasteiger partial charge is 0.257 e. The molecule has 2 aliphatic heterocycles. The molecule has 0 bridgehead atoms. The van der Waals surface area contributed by atoms with Crippen molar-refractivity contribution >= 4 is 0 Å². The molecular formula is C9H16F2N2. The van der Waals surface area contributed by atoms with Gasteiger partial charge in [-0.15, -0.1) is 0 Å². The van der Waals surface area contributed by atoms with Gasteiger partial charge in [0.1, 0.15) is 0 Å². The zero-order chi connectivity index (χ0) is 9.53. The lowest BCUT2D eigenvalue weighted by Crippen LogP contribution is -2.55. The fraction of sp³-hybridized carbons (Fsp3) is 1.00. The largest absolute Gasteiger partial charge is 0.316 e. The summed E-state index contributed by atoms with van der Waals surface area (Å²) in [6.07, 6.45) is 0.629. The Kier molecular flexibility index (Phi) is 2.07. The number of rotatable bonds is 0. The summed E-state index contributed by atoms with van der Waals surface area (Å²) in [5, 5.41) is 3.09. The molecule has 0 saturated carbocycles. The summed E-state index contributed by atoms with van der Waals surface area (Å²) >= 11 is 0. The van der Waals surface area contributed by atoms with E-state index in [-0.39, 0.29) is 6.42 Å². The molecule has 1 unspecified atom stereocenters. The van der Waals surface area contributed by atoms with E-state index in [0.717, 1.165) is 6.54 Å². The summed E-state index contributed by atoms with van der Waals surface area (Å²) in [6, 6.07) is 0. The van der Waals surface area contributed by atoms with E-state index in [1.54, 1.807) is 0 Å². The number of hydrogen-bond donors (Lipinski definition) is 1. The molecule has 2 heterocycles. The third-order valence-electron chi connectivity index (χ3n) is 3.40. The van der Waals surface area contributed by atoms with Crippen LogP contribution in [-0.2, 0) is 0 Å². The van der Waals surface area contributed by atoms with Crippen LogP contribution in [0.4, 0.5) is 8.78 Å². The number of alkyl halides is 2.